The third-order valence-electron chi connectivity index (χ3n) is 2.79. The topological polar surface area (TPSA) is 34.0 Å². The maximum atomic E-state index is 5.82. The van der Waals surface area contributed by atoms with E-state index in [-0.39, 0.29) is 5.54 Å². The molecule has 0 radical (unpaired) electrons. The van der Waals surface area contributed by atoms with Gasteiger partial charge < -0.3 is 4.74 Å². The molecular formula is C12H11ClN2O. The lowest BCUT2D eigenvalue weighted by molar-refractivity contribution is 0.545. The van der Waals surface area contributed by atoms with E-state index in [0.717, 1.165) is 24.4 Å². The predicted molar refractivity (Wildman–Crippen MR) is 64.7 cm³/mol. The Morgan fingerprint density at radius 1 is 1.31 bits per heavy atom. The Morgan fingerprint density at radius 2 is 2.00 bits per heavy atom. The summed E-state index contributed by atoms with van der Waals surface area (Å²) in [4.78, 5) is 8.95. The number of nitrogens with zero attached hydrogens (tertiary/aromatic N) is 2. The molecule has 16 heavy (non-hydrogen) atoms. The Labute approximate surface area is 98.8 Å². The Kier molecular flexibility index (Phi) is 2.04. The number of halogens is 1. The molecule has 1 fully saturated rings. The van der Waals surface area contributed by atoms with Crippen molar-refractivity contribution in [3.05, 3.63) is 29.3 Å². The van der Waals surface area contributed by atoms with Gasteiger partial charge in [-0.3, -0.25) is 0 Å². The highest BCUT2D eigenvalue weighted by Crippen LogP contribution is 2.45. The maximum absolute atomic E-state index is 5.82. The smallest absolute Gasteiger partial charge is 0.224 e. The van der Waals surface area contributed by atoms with Gasteiger partial charge in [-0.2, -0.15) is 0 Å². The molecule has 1 aromatic rings. The van der Waals surface area contributed by atoms with E-state index in [0.29, 0.717) is 10.9 Å². The summed E-state index contributed by atoms with van der Waals surface area (Å²) in [6.07, 6.45) is 2.08. The van der Waals surface area contributed by atoms with Crippen molar-refractivity contribution in [2.24, 2.45) is 9.98 Å². The number of hydrogen-bond donors (Lipinski definition) is 0. The van der Waals surface area contributed by atoms with Crippen molar-refractivity contribution in [2.75, 3.05) is 0 Å². The van der Waals surface area contributed by atoms with E-state index in [1.54, 1.807) is 0 Å². The summed E-state index contributed by atoms with van der Waals surface area (Å²) in [6.45, 7) is 1.87. The van der Waals surface area contributed by atoms with E-state index in [4.69, 9.17) is 16.3 Å². The first kappa shape index (κ1) is 9.85. The zero-order valence-electron chi connectivity index (χ0n) is 8.90. The molecule has 1 aliphatic heterocycles. The van der Waals surface area contributed by atoms with Gasteiger partial charge in [-0.05, 0) is 37.1 Å². The number of rotatable bonds is 1. The molecule has 0 aromatic heterocycles. The molecule has 1 spiro atoms. The Balaban J connectivity index is 1.91. The summed E-state index contributed by atoms with van der Waals surface area (Å²) in [7, 11) is 0. The maximum Gasteiger partial charge on any atom is 0.224 e. The third-order valence-corrected chi connectivity index (χ3v) is 3.05. The highest BCUT2D eigenvalue weighted by molar-refractivity contribution is 6.30. The summed E-state index contributed by atoms with van der Waals surface area (Å²) in [5.74, 6) is 1.44. The molecule has 0 unspecified atom stereocenters. The van der Waals surface area contributed by atoms with E-state index in [9.17, 15) is 0 Å². The first-order valence-electron chi connectivity index (χ1n) is 5.27. The quantitative estimate of drug-likeness (QED) is 0.734. The van der Waals surface area contributed by atoms with E-state index >= 15 is 0 Å². The second kappa shape index (κ2) is 3.32. The van der Waals surface area contributed by atoms with Crippen molar-refractivity contribution >= 4 is 29.1 Å². The van der Waals surface area contributed by atoms with Crippen LogP contribution in [0.3, 0.4) is 0 Å². The lowest BCUT2D eigenvalue weighted by Crippen LogP contribution is -2.16. The minimum absolute atomic E-state index is 0.135. The van der Waals surface area contributed by atoms with Gasteiger partial charge in [0.05, 0.1) is 5.69 Å². The second-order valence-corrected chi connectivity index (χ2v) is 4.59. The van der Waals surface area contributed by atoms with E-state index in [2.05, 4.69) is 9.98 Å². The van der Waals surface area contributed by atoms with Gasteiger partial charge in [-0.1, -0.05) is 11.6 Å². The summed E-state index contributed by atoms with van der Waals surface area (Å²) >= 11 is 5.82. The highest BCUT2D eigenvalue weighted by Gasteiger charge is 2.53. The zero-order chi connectivity index (χ0) is 11.2. The average molecular weight is 235 g/mol. The fourth-order valence-corrected chi connectivity index (χ4v) is 1.94. The molecule has 0 bridgehead atoms. The fraction of sp³-hybridized carbons (Fsp3) is 0.333. The third kappa shape index (κ3) is 1.61. The molecule has 0 saturated heterocycles. The van der Waals surface area contributed by atoms with Crippen LogP contribution in [-0.2, 0) is 4.74 Å². The second-order valence-electron chi connectivity index (χ2n) is 4.16. The molecule has 0 atom stereocenters. The van der Waals surface area contributed by atoms with Crippen molar-refractivity contribution in [1.29, 1.82) is 0 Å². The largest absolute Gasteiger partial charge is 0.427 e. The molecule has 3 nitrogen and oxygen atoms in total. The zero-order valence-corrected chi connectivity index (χ0v) is 9.66. The monoisotopic (exact) mass is 234 g/mol. The normalized spacial score (nSPS) is 23.4. The minimum Gasteiger partial charge on any atom is -0.427 e. The molecule has 1 aliphatic carbocycles. The molecule has 2 aliphatic rings. The first-order chi connectivity index (χ1) is 7.68. The van der Waals surface area contributed by atoms with Crippen LogP contribution in [-0.4, -0.2) is 17.3 Å². The molecule has 1 saturated carbocycles. The van der Waals surface area contributed by atoms with Crippen molar-refractivity contribution < 1.29 is 4.74 Å². The van der Waals surface area contributed by atoms with Crippen molar-refractivity contribution in [3.63, 3.8) is 0 Å². The Bertz CT molecular complexity index is 486. The van der Waals surface area contributed by atoms with Gasteiger partial charge in [0.1, 0.15) is 5.54 Å². The Hall–Kier alpha value is -1.35. The van der Waals surface area contributed by atoms with Crippen molar-refractivity contribution in [3.8, 4) is 0 Å². The van der Waals surface area contributed by atoms with Crippen LogP contribution in [0.5, 0.6) is 0 Å². The standard InChI is InChI=1S/C12H11ClN2O/c1-8-15-12(6-7-12)11(16-8)14-10-4-2-9(13)3-5-10/h2-5H,6-7H2,1H3. The van der Waals surface area contributed by atoms with Gasteiger partial charge >= 0.3 is 0 Å². The SMILES string of the molecule is CC1=NC2(CC2)C(=Nc2ccc(Cl)cc2)O1. The number of aliphatic imine (C=N–C) groups is 2. The van der Waals surface area contributed by atoms with Crippen LogP contribution in [0.15, 0.2) is 34.3 Å². The van der Waals surface area contributed by atoms with Crippen LogP contribution >= 0.6 is 11.6 Å². The molecule has 82 valence electrons. The van der Waals surface area contributed by atoms with E-state index in [1.807, 2.05) is 31.2 Å². The van der Waals surface area contributed by atoms with Gasteiger partial charge in [-0.25, -0.2) is 9.98 Å². The van der Waals surface area contributed by atoms with Crippen LogP contribution in [0.4, 0.5) is 5.69 Å². The fourth-order valence-electron chi connectivity index (χ4n) is 1.81. The summed E-state index contributed by atoms with van der Waals surface area (Å²) in [6, 6.07) is 7.40. The molecule has 4 heteroatoms. The van der Waals surface area contributed by atoms with Gasteiger partial charge in [-0.15, -0.1) is 0 Å². The van der Waals surface area contributed by atoms with Gasteiger partial charge in [0, 0.05) is 11.9 Å². The molecular weight excluding hydrogens is 224 g/mol. The number of benzene rings is 1. The van der Waals surface area contributed by atoms with Gasteiger partial charge in [0.2, 0.25) is 5.90 Å². The summed E-state index contributed by atoms with van der Waals surface area (Å²) in [5.41, 5.74) is 0.722. The van der Waals surface area contributed by atoms with Crippen molar-refractivity contribution in [1.82, 2.24) is 0 Å². The number of ether oxygens (including phenoxy) is 1. The molecule has 1 aromatic carbocycles. The lowest BCUT2D eigenvalue weighted by atomic mass is 10.3. The molecule has 1 heterocycles. The van der Waals surface area contributed by atoms with Gasteiger partial charge in [0.25, 0.3) is 0 Å². The van der Waals surface area contributed by atoms with Crippen LogP contribution in [0, 0.1) is 0 Å². The number of hydrogen-bond acceptors (Lipinski definition) is 3. The highest BCUT2D eigenvalue weighted by atomic mass is 35.5. The van der Waals surface area contributed by atoms with Crippen LogP contribution in [0.25, 0.3) is 0 Å². The van der Waals surface area contributed by atoms with Gasteiger partial charge in [0.15, 0.2) is 5.90 Å². The average Bonchev–Trinajstić information content (AvgIpc) is 2.94. The summed E-state index contributed by atoms with van der Waals surface area (Å²) in [5, 5.41) is 0.713. The Morgan fingerprint density at radius 3 is 2.62 bits per heavy atom. The van der Waals surface area contributed by atoms with E-state index < -0.39 is 0 Å². The predicted octanol–water partition coefficient (Wildman–Crippen LogP) is 3.35. The van der Waals surface area contributed by atoms with Crippen LogP contribution < -0.4 is 0 Å². The molecule has 3 rings (SSSR count). The first-order valence-corrected chi connectivity index (χ1v) is 5.65. The van der Waals surface area contributed by atoms with E-state index in [1.165, 1.54) is 0 Å². The molecule has 0 amide bonds. The summed E-state index contributed by atoms with van der Waals surface area (Å²) < 4.78 is 5.54. The minimum atomic E-state index is -0.135. The molecule has 0 N–H and O–H groups in total. The van der Waals surface area contributed by atoms with Crippen LogP contribution in [0.1, 0.15) is 19.8 Å². The van der Waals surface area contributed by atoms with Crippen molar-refractivity contribution in [2.45, 2.75) is 25.3 Å². The van der Waals surface area contributed by atoms with Crippen LogP contribution in [0.2, 0.25) is 5.02 Å². The lowest BCUT2D eigenvalue weighted by Gasteiger charge is -2.03.